The molecule has 1 aromatic rings. The third kappa shape index (κ3) is 4.56. The van der Waals surface area contributed by atoms with Crippen molar-refractivity contribution in [1.29, 1.82) is 0 Å². The molecule has 0 saturated heterocycles. The molecule has 0 fully saturated rings. The Morgan fingerprint density at radius 3 is 2.62 bits per heavy atom. The fourth-order valence-corrected chi connectivity index (χ4v) is 2.15. The number of hydrogen-bond acceptors (Lipinski definition) is 3. The van der Waals surface area contributed by atoms with Crippen LogP contribution in [0.15, 0.2) is 30.3 Å². The number of thioether (sulfide) groups is 1. The Morgan fingerprint density at radius 2 is 2.06 bits per heavy atom. The second kappa shape index (κ2) is 6.94. The van der Waals surface area contributed by atoms with Gasteiger partial charge in [0.1, 0.15) is 5.76 Å². The van der Waals surface area contributed by atoms with Gasteiger partial charge in [-0.15, -0.1) is 11.8 Å². The maximum absolute atomic E-state index is 9.80. The molecule has 0 amide bonds. The monoisotopic (exact) mass is 272 g/mol. The predicted molar refractivity (Wildman–Crippen MR) is 77.4 cm³/mol. The van der Waals surface area contributed by atoms with Crippen molar-refractivity contribution in [2.75, 3.05) is 5.75 Å². The normalized spacial score (nSPS) is 11.5. The summed E-state index contributed by atoms with van der Waals surface area (Å²) in [5.74, 6) is 1.16. The highest BCUT2D eigenvalue weighted by Gasteiger charge is 2.01. The molecule has 16 heavy (non-hydrogen) atoms. The number of rotatable bonds is 4. The summed E-state index contributed by atoms with van der Waals surface area (Å²) >= 11 is 12.5. The zero-order valence-corrected chi connectivity index (χ0v) is 11.3. The first kappa shape index (κ1) is 13.6. The number of benzene rings is 1. The molecule has 0 aromatic heterocycles. The molecule has 0 unspecified atom stereocenters. The van der Waals surface area contributed by atoms with E-state index in [9.17, 15) is 5.11 Å². The van der Waals surface area contributed by atoms with E-state index in [0.717, 1.165) is 17.7 Å². The van der Waals surface area contributed by atoms with E-state index in [1.54, 1.807) is 42.1 Å². The summed E-state index contributed by atoms with van der Waals surface area (Å²) < 4.78 is 0.703. The van der Waals surface area contributed by atoms with Crippen LogP contribution in [0.25, 0.3) is 5.76 Å². The van der Waals surface area contributed by atoms with Crippen LogP contribution in [-0.2, 0) is 0 Å². The molecule has 86 valence electrons. The Morgan fingerprint density at radius 1 is 1.44 bits per heavy atom. The topological polar surface area (TPSA) is 20.2 Å². The zero-order valence-electron chi connectivity index (χ0n) is 8.94. The lowest BCUT2D eigenvalue weighted by Crippen LogP contribution is -1.89. The van der Waals surface area contributed by atoms with E-state index >= 15 is 0 Å². The van der Waals surface area contributed by atoms with Crippen LogP contribution in [0.5, 0.6) is 0 Å². The molecule has 1 nitrogen and oxygen atoms in total. The van der Waals surface area contributed by atoms with Crippen molar-refractivity contribution < 1.29 is 5.11 Å². The quantitative estimate of drug-likeness (QED) is 0.487. The van der Waals surface area contributed by atoms with Crippen molar-refractivity contribution in [3.8, 4) is 0 Å². The average Bonchev–Trinajstić information content (AvgIpc) is 2.27. The fraction of sp³-hybridized carbons (Fsp3) is 0.250. The van der Waals surface area contributed by atoms with E-state index in [1.165, 1.54) is 0 Å². The van der Waals surface area contributed by atoms with E-state index in [-0.39, 0.29) is 5.76 Å². The highest BCUT2D eigenvalue weighted by atomic mass is 35.5. The summed E-state index contributed by atoms with van der Waals surface area (Å²) in [7, 11) is 0. The standard InChI is InChI=1S/C12H13ClOS2/c1-2-7-16-12(15)8-11(14)9-3-5-10(13)6-4-9/h3-6,8,14H,2,7H2,1H3/b11-8-. The van der Waals surface area contributed by atoms with Crippen molar-refractivity contribution in [2.24, 2.45) is 0 Å². The molecule has 0 radical (unpaired) electrons. The molecule has 4 heteroatoms. The van der Waals surface area contributed by atoms with Gasteiger partial charge in [0.2, 0.25) is 0 Å². The Bertz CT molecular complexity index is 385. The van der Waals surface area contributed by atoms with Crippen molar-refractivity contribution in [3.05, 3.63) is 40.9 Å². The molecular weight excluding hydrogens is 260 g/mol. The molecule has 1 rings (SSSR count). The van der Waals surface area contributed by atoms with Crippen LogP contribution in [0.1, 0.15) is 18.9 Å². The smallest absolute Gasteiger partial charge is 0.124 e. The highest BCUT2D eigenvalue weighted by Crippen LogP contribution is 2.17. The van der Waals surface area contributed by atoms with Gasteiger partial charge in [-0.25, -0.2) is 0 Å². The molecule has 0 saturated carbocycles. The summed E-state index contributed by atoms with van der Waals surface area (Å²) in [6.45, 7) is 2.10. The minimum Gasteiger partial charge on any atom is -0.507 e. The molecule has 1 aromatic carbocycles. The Labute approximate surface area is 111 Å². The second-order valence-electron chi connectivity index (χ2n) is 3.20. The number of aliphatic hydroxyl groups is 1. The average molecular weight is 273 g/mol. The number of hydrogen-bond donors (Lipinski definition) is 1. The summed E-state index contributed by atoms with van der Waals surface area (Å²) in [4.78, 5) is 0. The van der Waals surface area contributed by atoms with E-state index in [2.05, 4.69) is 6.92 Å². The minimum absolute atomic E-state index is 0.185. The third-order valence-electron chi connectivity index (χ3n) is 1.84. The molecule has 0 aliphatic heterocycles. The fourth-order valence-electron chi connectivity index (χ4n) is 1.06. The largest absolute Gasteiger partial charge is 0.507 e. The summed E-state index contributed by atoms with van der Waals surface area (Å²) in [5, 5.41) is 10.5. The third-order valence-corrected chi connectivity index (χ3v) is 3.58. The van der Waals surface area contributed by atoms with Crippen LogP contribution >= 0.6 is 35.6 Å². The van der Waals surface area contributed by atoms with Gasteiger partial charge in [-0.2, -0.15) is 0 Å². The van der Waals surface area contributed by atoms with Crippen LogP contribution < -0.4 is 0 Å². The van der Waals surface area contributed by atoms with Crippen molar-refractivity contribution in [2.45, 2.75) is 13.3 Å². The first-order valence-electron chi connectivity index (χ1n) is 4.97. The van der Waals surface area contributed by atoms with E-state index in [1.807, 2.05) is 0 Å². The lowest BCUT2D eigenvalue weighted by Gasteiger charge is -2.01. The van der Waals surface area contributed by atoms with Crippen LogP contribution in [0, 0.1) is 0 Å². The minimum atomic E-state index is 0.185. The molecule has 0 atom stereocenters. The van der Waals surface area contributed by atoms with Crippen LogP contribution in [-0.4, -0.2) is 15.1 Å². The molecule has 0 aliphatic carbocycles. The summed E-state index contributed by atoms with van der Waals surface area (Å²) in [6.07, 6.45) is 2.68. The van der Waals surface area contributed by atoms with Gasteiger partial charge in [-0.1, -0.05) is 30.7 Å². The molecular formula is C12H13ClOS2. The molecule has 0 spiro atoms. The van der Waals surface area contributed by atoms with Gasteiger partial charge >= 0.3 is 0 Å². The number of thiocarbonyl (C=S) groups is 1. The number of halogens is 1. The van der Waals surface area contributed by atoms with Gasteiger partial charge in [0, 0.05) is 16.7 Å². The van der Waals surface area contributed by atoms with Crippen LogP contribution in [0.2, 0.25) is 5.02 Å². The maximum atomic E-state index is 9.80. The Kier molecular flexibility index (Phi) is 5.88. The van der Waals surface area contributed by atoms with E-state index in [0.29, 0.717) is 9.22 Å². The van der Waals surface area contributed by atoms with Gasteiger partial charge < -0.3 is 5.11 Å². The maximum Gasteiger partial charge on any atom is 0.124 e. The SMILES string of the molecule is CCCSC(=S)/C=C(\O)c1ccc(Cl)cc1. The first-order valence-corrected chi connectivity index (χ1v) is 6.74. The molecule has 0 bridgehead atoms. The lowest BCUT2D eigenvalue weighted by atomic mass is 10.2. The van der Waals surface area contributed by atoms with Crippen LogP contribution in [0.4, 0.5) is 0 Å². The Hall–Kier alpha value is -0.510. The van der Waals surface area contributed by atoms with Gasteiger partial charge in [0.25, 0.3) is 0 Å². The predicted octanol–water partition coefficient (Wildman–Crippen LogP) is 4.71. The summed E-state index contributed by atoms with van der Waals surface area (Å²) in [5.41, 5.74) is 0.726. The zero-order chi connectivity index (χ0) is 12.0. The Balaban J connectivity index is 2.69. The van der Waals surface area contributed by atoms with E-state index in [4.69, 9.17) is 23.8 Å². The van der Waals surface area contributed by atoms with Gasteiger partial charge in [0.05, 0.1) is 4.20 Å². The second-order valence-corrected chi connectivity index (χ2v) is 5.48. The van der Waals surface area contributed by atoms with Gasteiger partial charge in [0.15, 0.2) is 0 Å². The molecule has 0 heterocycles. The molecule has 1 N–H and O–H groups in total. The van der Waals surface area contributed by atoms with Gasteiger partial charge in [-0.3, -0.25) is 0 Å². The first-order chi connectivity index (χ1) is 7.63. The van der Waals surface area contributed by atoms with Crippen LogP contribution in [0.3, 0.4) is 0 Å². The van der Waals surface area contributed by atoms with Crippen molar-refractivity contribution >= 4 is 45.5 Å². The van der Waals surface area contributed by atoms with Crippen molar-refractivity contribution in [1.82, 2.24) is 0 Å². The van der Waals surface area contributed by atoms with Crippen molar-refractivity contribution in [3.63, 3.8) is 0 Å². The highest BCUT2D eigenvalue weighted by molar-refractivity contribution is 8.23. The molecule has 0 aliphatic rings. The number of aliphatic hydroxyl groups excluding tert-OH is 1. The summed E-state index contributed by atoms with van der Waals surface area (Å²) in [6, 6.07) is 7.01. The van der Waals surface area contributed by atoms with E-state index < -0.39 is 0 Å². The lowest BCUT2D eigenvalue weighted by molar-refractivity contribution is 0.512. The van der Waals surface area contributed by atoms with Gasteiger partial charge in [-0.05, 0) is 36.4 Å².